The third-order valence-electron chi connectivity index (χ3n) is 3.69. The molecule has 0 fully saturated rings. The average Bonchev–Trinajstić information content (AvgIpc) is 2.48. The van der Waals surface area contributed by atoms with Crippen molar-refractivity contribution in [2.24, 2.45) is 0 Å². The molecule has 0 saturated carbocycles. The topological polar surface area (TPSA) is 63.2 Å². The molecule has 23 heavy (non-hydrogen) atoms. The number of anilines is 1. The molecule has 0 aliphatic rings. The maximum Gasteiger partial charge on any atom is 0.255 e. The van der Waals surface area contributed by atoms with Gasteiger partial charge >= 0.3 is 0 Å². The summed E-state index contributed by atoms with van der Waals surface area (Å²) in [4.78, 5) is 12.7. The van der Waals surface area contributed by atoms with Crippen LogP contribution in [0.1, 0.15) is 41.3 Å². The number of hydrogen-bond donors (Lipinski definition) is 1. The molecule has 2 aromatic rings. The van der Waals surface area contributed by atoms with Gasteiger partial charge in [-0.25, -0.2) is 8.42 Å². The first kappa shape index (κ1) is 17.2. The first-order valence-corrected chi connectivity index (χ1v) is 9.30. The van der Waals surface area contributed by atoms with Crippen LogP contribution in [-0.2, 0) is 9.84 Å². The lowest BCUT2D eigenvalue weighted by Gasteiger charge is -2.16. The number of sulfone groups is 1. The predicted molar refractivity (Wildman–Crippen MR) is 92.8 cm³/mol. The normalized spacial score (nSPS) is 11.5. The number of carbonyl (C=O) groups excluding carboxylic acids is 1. The number of benzene rings is 2. The fraction of sp³-hybridized carbons (Fsp3) is 0.278. The summed E-state index contributed by atoms with van der Waals surface area (Å²) < 4.78 is 23.3. The number of carbonyl (C=O) groups is 1. The number of nitrogens with one attached hydrogen (secondary N) is 1. The SMILES string of the molecule is Cc1cccc(C(C)C)c1NC(=O)c1cccc(S(C)(=O)=O)c1. The second-order valence-corrected chi connectivity index (χ2v) is 7.96. The summed E-state index contributed by atoms with van der Waals surface area (Å²) in [5.41, 5.74) is 3.14. The molecule has 0 radical (unpaired) electrons. The van der Waals surface area contributed by atoms with Crippen molar-refractivity contribution in [1.82, 2.24) is 0 Å². The van der Waals surface area contributed by atoms with Crippen LogP contribution >= 0.6 is 0 Å². The summed E-state index contributed by atoms with van der Waals surface area (Å²) in [5.74, 6) is -0.0424. The fourth-order valence-electron chi connectivity index (χ4n) is 2.40. The second-order valence-electron chi connectivity index (χ2n) is 5.95. The summed E-state index contributed by atoms with van der Waals surface area (Å²) in [6.07, 6.45) is 1.13. The summed E-state index contributed by atoms with van der Waals surface area (Å²) in [5, 5.41) is 2.92. The van der Waals surface area contributed by atoms with Gasteiger partial charge < -0.3 is 5.32 Å². The highest BCUT2D eigenvalue weighted by Gasteiger charge is 2.15. The van der Waals surface area contributed by atoms with E-state index in [4.69, 9.17) is 0 Å². The number of para-hydroxylation sites is 1. The Balaban J connectivity index is 2.38. The molecule has 0 aromatic heterocycles. The van der Waals surface area contributed by atoms with Crippen molar-refractivity contribution >= 4 is 21.4 Å². The molecular formula is C18H21NO3S. The molecule has 0 spiro atoms. The van der Waals surface area contributed by atoms with E-state index in [0.717, 1.165) is 23.1 Å². The summed E-state index contributed by atoms with van der Waals surface area (Å²) >= 11 is 0. The largest absolute Gasteiger partial charge is 0.321 e. The lowest BCUT2D eigenvalue weighted by Crippen LogP contribution is -2.15. The summed E-state index contributed by atoms with van der Waals surface area (Å²) in [6, 6.07) is 12.0. The van der Waals surface area contributed by atoms with E-state index >= 15 is 0 Å². The molecule has 0 aliphatic heterocycles. The third kappa shape index (κ3) is 3.99. The maximum atomic E-state index is 12.5. The summed E-state index contributed by atoms with van der Waals surface area (Å²) in [6.45, 7) is 6.07. The molecule has 0 heterocycles. The third-order valence-corrected chi connectivity index (χ3v) is 4.80. The Morgan fingerprint density at radius 2 is 1.74 bits per heavy atom. The van der Waals surface area contributed by atoms with Crippen molar-refractivity contribution in [3.05, 3.63) is 59.2 Å². The van der Waals surface area contributed by atoms with E-state index in [1.807, 2.05) is 25.1 Å². The van der Waals surface area contributed by atoms with Gasteiger partial charge in [0.15, 0.2) is 9.84 Å². The molecule has 0 atom stereocenters. The number of aryl methyl sites for hydroxylation is 1. The van der Waals surface area contributed by atoms with Gasteiger partial charge in [-0.15, -0.1) is 0 Å². The van der Waals surface area contributed by atoms with Gasteiger partial charge in [0, 0.05) is 17.5 Å². The van der Waals surface area contributed by atoms with Crippen LogP contribution in [-0.4, -0.2) is 20.6 Å². The molecule has 122 valence electrons. The van der Waals surface area contributed by atoms with Crippen molar-refractivity contribution in [2.45, 2.75) is 31.6 Å². The molecule has 2 aromatic carbocycles. The van der Waals surface area contributed by atoms with Crippen molar-refractivity contribution in [1.29, 1.82) is 0 Å². The van der Waals surface area contributed by atoms with Gasteiger partial charge in [0.25, 0.3) is 5.91 Å². The summed E-state index contributed by atoms with van der Waals surface area (Å²) in [7, 11) is -3.34. The van der Waals surface area contributed by atoms with Crippen LogP contribution in [0.5, 0.6) is 0 Å². The Bertz CT molecular complexity index is 839. The Labute approximate surface area is 137 Å². The first-order chi connectivity index (χ1) is 10.7. The van der Waals surface area contributed by atoms with E-state index < -0.39 is 9.84 Å². The van der Waals surface area contributed by atoms with Gasteiger partial charge in [0.05, 0.1) is 4.90 Å². The van der Waals surface area contributed by atoms with Gasteiger partial charge in [0.1, 0.15) is 0 Å². The lowest BCUT2D eigenvalue weighted by molar-refractivity contribution is 0.102. The average molecular weight is 331 g/mol. The highest BCUT2D eigenvalue weighted by molar-refractivity contribution is 7.90. The number of amides is 1. The van der Waals surface area contributed by atoms with Crippen LogP contribution in [0.15, 0.2) is 47.4 Å². The molecule has 5 heteroatoms. The Morgan fingerprint density at radius 1 is 1.09 bits per heavy atom. The van der Waals surface area contributed by atoms with Crippen LogP contribution in [0, 0.1) is 6.92 Å². The molecule has 1 amide bonds. The monoisotopic (exact) mass is 331 g/mol. The van der Waals surface area contributed by atoms with Gasteiger partial charge in [-0.2, -0.15) is 0 Å². The lowest BCUT2D eigenvalue weighted by atomic mass is 9.98. The highest BCUT2D eigenvalue weighted by Crippen LogP contribution is 2.28. The number of hydrogen-bond acceptors (Lipinski definition) is 3. The molecule has 1 N–H and O–H groups in total. The Hall–Kier alpha value is -2.14. The van der Waals surface area contributed by atoms with Gasteiger partial charge in [0.2, 0.25) is 0 Å². The molecule has 0 saturated heterocycles. The smallest absolute Gasteiger partial charge is 0.255 e. The fourth-order valence-corrected chi connectivity index (χ4v) is 3.06. The van der Waals surface area contributed by atoms with Crippen LogP contribution < -0.4 is 5.32 Å². The van der Waals surface area contributed by atoms with E-state index in [0.29, 0.717) is 5.56 Å². The van der Waals surface area contributed by atoms with Crippen LogP contribution in [0.25, 0.3) is 0 Å². The minimum Gasteiger partial charge on any atom is -0.321 e. The van der Waals surface area contributed by atoms with Crippen LogP contribution in [0.2, 0.25) is 0 Å². The van der Waals surface area contributed by atoms with Crippen molar-refractivity contribution in [3.63, 3.8) is 0 Å². The molecule has 2 rings (SSSR count). The Morgan fingerprint density at radius 3 is 2.35 bits per heavy atom. The first-order valence-electron chi connectivity index (χ1n) is 7.41. The molecular weight excluding hydrogens is 310 g/mol. The van der Waals surface area contributed by atoms with Gasteiger partial charge in [-0.3, -0.25) is 4.79 Å². The minimum absolute atomic E-state index is 0.138. The molecule has 0 bridgehead atoms. The molecule has 0 aliphatic carbocycles. The zero-order valence-corrected chi connectivity index (χ0v) is 14.6. The zero-order valence-electron chi connectivity index (χ0n) is 13.8. The van der Waals surface area contributed by atoms with Crippen molar-refractivity contribution < 1.29 is 13.2 Å². The Kier molecular flexibility index (Phi) is 4.90. The van der Waals surface area contributed by atoms with E-state index in [1.54, 1.807) is 12.1 Å². The van der Waals surface area contributed by atoms with Gasteiger partial charge in [-0.1, -0.05) is 38.1 Å². The maximum absolute atomic E-state index is 12.5. The molecule has 0 unspecified atom stereocenters. The van der Waals surface area contributed by atoms with Gasteiger partial charge in [-0.05, 0) is 42.2 Å². The van der Waals surface area contributed by atoms with Crippen molar-refractivity contribution in [3.8, 4) is 0 Å². The number of rotatable bonds is 4. The molecule has 4 nitrogen and oxygen atoms in total. The van der Waals surface area contributed by atoms with Crippen LogP contribution in [0.4, 0.5) is 5.69 Å². The van der Waals surface area contributed by atoms with E-state index in [2.05, 4.69) is 19.2 Å². The van der Waals surface area contributed by atoms with Crippen molar-refractivity contribution in [2.75, 3.05) is 11.6 Å². The van der Waals surface area contributed by atoms with Crippen LogP contribution in [0.3, 0.4) is 0 Å². The quantitative estimate of drug-likeness (QED) is 0.927. The highest BCUT2D eigenvalue weighted by atomic mass is 32.2. The zero-order chi connectivity index (χ0) is 17.2. The van der Waals surface area contributed by atoms with E-state index in [1.165, 1.54) is 12.1 Å². The standard InChI is InChI=1S/C18H21NO3S/c1-12(2)16-10-5-7-13(3)17(16)19-18(20)14-8-6-9-15(11-14)23(4,21)22/h5-12H,1-4H3,(H,19,20). The second kappa shape index (κ2) is 6.54. The van der Waals surface area contributed by atoms with E-state index in [-0.39, 0.29) is 16.7 Å². The predicted octanol–water partition coefficient (Wildman–Crippen LogP) is 3.77. The van der Waals surface area contributed by atoms with E-state index in [9.17, 15) is 13.2 Å². The minimum atomic E-state index is -3.34.